The average Bonchev–Trinajstić information content (AvgIpc) is 3.14. The summed E-state index contributed by atoms with van der Waals surface area (Å²) in [5.41, 5.74) is 1.26. The molecule has 1 aromatic heterocycles. The van der Waals surface area contributed by atoms with Crippen molar-refractivity contribution in [3.8, 4) is 0 Å². The van der Waals surface area contributed by atoms with E-state index in [1.807, 2.05) is 0 Å². The van der Waals surface area contributed by atoms with Crippen molar-refractivity contribution in [2.45, 2.75) is 26.3 Å². The van der Waals surface area contributed by atoms with Gasteiger partial charge in [0.2, 0.25) is 0 Å². The fourth-order valence-electron chi connectivity index (χ4n) is 2.48. The zero-order chi connectivity index (χ0) is 15.0. The maximum atomic E-state index is 9.26. The van der Waals surface area contributed by atoms with Crippen molar-refractivity contribution >= 4 is 41.3 Å². The van der Waals surface area contributed by atoms with Crippen molar-refractivity contribution in [1.82, 2.24) is 10.6 Å². The highest BCUT2D eigenvalue weighted by atomic mass is 127. The molecule has 0 bridgehead atoms. The van der Waals surface area contributed by atoms with Crippen LogP contribution in [-0.4, -0.2) is 44.0 Å². The maximum Gasteiger partial charge on any atom is 0.191 e. The van der Waals surface area contributed by atoms with Crippen molar-refractivity contribution in [2.24, 2.45) is 10.4 Å². The van der Waals surface area contributed by atoms with E-state index in [9.17, 15) is 5.11 Å². The number of halogens is 1. The quantitative estimate of drug-likeness (QED) is 0.346. The number of rotatable bonds is 7. The number of hydrogen-bond donors (Lipinski definition) is 3. The van der Waals surface area contributed by atoms with Gasteiger partial charge in [0, 0.05) is 31.7 Å². The van der Waals surface area contributed by atoms with E-state index in [0.717, 1.165) is 38.5 Å². The highest BCUT2D eigenvalue weighted by molar-refractivity contribution is 14.0. The first-order chi connectivity index (χ1) is 10.3. The number of aliphatic hydroxyl groups is 1. The normalized spacial score (nSPS) is 21.5. The van der Waals surface area contributed by atoms with Crippen LogP contribution in [-0.2, 0) is 11.3 Å². The third kappa shape index (κ3) is 6.02. The van der Waals surface area contributed by atoms with Gasteiger partial charge in [0.25, 0.3) is 0 Å². The number of nitrogens with zero attached hydrogens (tertiary/aromatic N) is 1. The molecule has 0 spiro atoms. The van der Waals surface area contributed by atoms with E-state index >= 15 is 0 Å². The van der Waals surface area contributed by atoms with Crippen LogP contribution in [0.4, 0.5) is 0 Å². The molecule has 1 saturated heterocycles. The average molecular weight is 439 g/mol. The summed E-state index contributed by atoms with van der Waals surface area (Å²) in [6, 6.07) is 2.09. The molecule has 126 valence electrons. The topological polar surface area (TPSA) is 65.9 Å². The van der Waals surface area contributed by atoms with E-state index in [2.05, 4.69) is 39.4 Å². The molecular formula is C15H26IN3O2S. The standard InChI is InChI=1S/C15H25N3O2S.HI/c1-2-16-14(17-9-13-3-8-21-10-13)18-11-15(4-6-19)5-7-20-12-15;/h3,8,10,19H,2,4-7,9,11-12H2,1H3,(H2,16,17,18);1H. The van der Waals surface area contributed by atoms with Gasteiger partial charge in [0.1, 0.15) is 0 Å². The number of aliphatic imine (C=N–C) groups is 1. The minimum Gasteiger partial charge on any atom is -0.396 e. The molecular weight excluding hydrogens is 413 g/mol. The smallest absolute Gasteiger partial charge is 0.191 e. The summed E-state index contributed by atoms with van der Waals surface area (Å²) >= 11 is 1.69. The maximum absolute atomic E-state index is 9.26. The summed E-state index contributed by atoms with van der Waals surface area (Å²) in [6.07, 6.45) is 1.76. The second kappa shape index (κ2) is 10.4. The highest BCUT2D eigenvalue weighted by Crippen LogP contribution is 2.31. The predicted octanol–water partition coefficient (Wildman–Crippen LogP) is 2.21. The van der Waals surface area contributed by atoms with Gasteiger partial charge in [-0.15, -0.1) is 24.0 Å². The second-order valence-corrected chi connectivity index (χ2v) is 6.24. The number of nitrogens with one attached hydrogen (secondary N) is 2. The van der Waals surface area contributed by atoms with Gasteiger partial charge < -0.3 is 20.5 Å². The molecule has 1 aromatic rings. The van der Waals surface area contributed by atoms with E-state index in [1.54, 1.807) is 11.3 Å². The molecule has 2 heterocycles. The molecule has 0 radical (unpaired) electrons. The summed E-state index contributed by atoms with van der Waals surface area (Å²) in [4.78, 5) is 4.61. The molecule has 1 atom stereocenters. The van der Waals surface area contributed by atoms with Gasteiger partial charge in [-0.05, 0) is 42.2 Å². The Kier molecular flexibility index (Phi) is 9.30. The van der Waals surface area contributed by atoms with Crippen molar-refractivity contribution in [1.29, 1.82) is 0 Å². The molecule has 7 heteroatoms. The Morgan fingerprint density at radius 1 is 1.50 bits per heavy atom. The van der Waals surface area contributed by atoms with Crippen molar-refractivity contribution in [2.75, 3.05) is 32.9 Å². The molecule has 22 heavy (non-hydrogen) atoms. The Labute approximate surface area is 153 Å². The zero-order valence-corrected chi connectivity index (χ0v) is 16.2. The molecule has 0 amide bonds. The SMILES string of the molecule is CCNC(=NCc1ccsc1)NCC1(CCO)CCOC1.I. The summed E-state index contributed by atoms with van der Waals surface area (Å²) < 4.78 is 5.51. The van der Waals surface area contributed by atoms with E-state index in [0.29, 0.717) is 13.2 Å². The lowest BCUT2D eigenvalue weighted by molar-refractivity contribution is 0.127. The number of thiophene rings is 1. The Morgan fingerprint density at radius 3 is 2.95 bits per heavy atom. The van der Waals surface area contributed by atoms with Crippen LogP contribution in [0.1, 0.15) is 25.3 Å². The lowest BCUT2D eigenvalue weighted by atomic mass is 9.84. The van der Waals surface area contributed by atoms with Crippen LogP contribution in [0, 0.1) is 5.41 Å². The monoisotopic (exact) mass is 439 g/mol. The Hall–Kier alpha value is -0.380. The first-order valence-corrected chi connectivity index (χ1v) is 8.44. The largest absolute Gasteiger partial charge is 0.396 e. The van der Waals surface area contributed by atoms with Gasteiger partial charge in [-0.3, -0.25) is 0 Å². The van der Waals surface area contributed by atoms with Crippen LogP contribution < -0.4 is 10.6 Å². The summed E-state index contributed by atoms with van der Waals surface area (Å²) in [7, 11) is 0. The van der Waals surface area contributed by atoms with Crippen LogP contribution in [0.3, 0.4) is 0 Å². The van der Waals surface area contributed by atoms with Gasteiger partial charge >= 0.3 is 0 Å². The molecule has 1 aliphatic rings. The molecule has 2 rings (SSSR count). The second-order valence-electron chi connectivity index (χ2n) is 5.46. The highest BCUT2D eigenvalue weighted by Gasteiger charge is 2.34. The van der Waals surface area contributed by atoms with E-state index < -0.39 is 0 Å². The Balaban J connectivity index is 0.00000242. The van der Waals surface area contributed by atoms with E-state index in [4.69, 9.17) is 4.74 Å². The molecule has 1 fully saturated rings. The predicted molar refractivity (Wildman–Crippen MR) is 102 cm³/mol. The fourth-order valence-corrected chi connectivity index (χ4v) is 3.14. The van der Waals surface area contributed by atoms with Crippen LogP contribution >= 0.6 is 35.3 Å². The number of ether oxygens (including phenoxy) is 1. The molecule has 5 nitrogen and oxygen atoms in total. The van der Waals surface area contributed by atoms with Gasteiger partial charge in [-0.2, -0.15) is 11.3 Å². The third-order valence-electron chi connectivity index (χ3n) is 3.80. The van der Waals surface area contributed by atoms with Gasteiger partial charge in [-0.25, -0.2) is 4.99 Å². The van der Waals surface area contributed by atoms with Gasteiger partial charge in [0.15, 0.2) is 5.96 Å². The van der Waals surface area contributed by atoms with Crippen LogP contribution in [0.2, 0.25) is 0 Å². The first kappa shape index (κ1) is 19.7. The molecule has 1 aliphatic heterocycles. The lowest BCUT2D eigenvalue weighted by Gasteiger charge is -2.27. The van der Waals surface area contributed by atoms with Crippen LogP contribution in [0.15, 0.2) is 21.8 Å². The van der Waals surface area contributed by atoms with Crippen LogP contribution in [0.25, 0.3) is 0 Å². The molecule has 1 unspecified atom stereocenters. The summed E-state index contributed by atoms with van der Waals surface area (Å²) in [5.74, 6) is 0.827. The summed E-state index contributed by atoms with van der Waals surface area (Å²) in [6.45, 7) is 6.05. The van der Waals surface area contributed by atoms with Crippen molar-refractivity contribution in [3.63, 3.8) is 0 Å². The number of aliphatic hydroxyl groups excluding tert-OH is 1. The minimum absolute atomic E-state index is 0. The summed E-state index contributed by atoms with van der Waals surface area (Å²) in [5, 5.41) is 20.1. The lowest BCUT2D eigenvalue weighted by Crippen LogP contribution is -2.44. The van der Waals surface area contributed by atoms with Crippen LogP contribution in [0.5, 0.6) is 0 Å². The molecule has 0 aliphatic carbocycles. The van der Waals surface area contributed by atoms with E-state index in [-0.39, 0.29) is 36.0 Å². The van der Waals surface area contributed by atoms with Gasteiger partial charge in [0.05, 0.1) is 13.2 Å². The first-order valence-electron chi connectivity index (χ1n) is 7.50. The number of guanidine groups is 1. The van der Waals surface area contributed by atoms with Gasteiger partial charge in [-0.1, -0.05) is 0 Å². The molecule has 3 N–H and O–H groups in total. The van der Waals surface area contributed by atoms with E-state index in [1.165, 1.54) is 5.56 Å². The fraction of sp³-hybridized carbons (Fsp3) is 0.667. The Morgan fingerprint density at radius 2 is 2.36 bits per heavy atom. The molecule has 0 aromatic carbocycles. The minimum atomic E-state index is 0. The Bertz CT molecular complexity index is 434. The van der Waals surface area contributed by atoms with Crippen molar-refractivity contribution < 1.29 is 9.84 Å². The van der Waals surface area contributed by atoms with Crippen molar-refractivity contribution in [3.05, 3.63) is 22.4 Å². The zero-order valence-electron chi connectivity index (χ0n) is 13.0. The molecule has 0 saturated carbocycles. The third-order valence-corrected chi connectivity index (χ3v) is 4.53. The number of hydrogen-bond acceptors (Lipinski definition) is 4.